The molecule has 3 aromatic carbocycles. The Hall–Kier alpha value is -6.19. The van der Waals surface area contributed by atoms with Crippen LogP contribution < -0.4 is 32.5 Å². The molecular weight excluding hydrogens is 567 g/mol. The van der Waals surface area contributed by atoms with Gasteiger partial charge >= 0.3 is 5.97 Å². The number of amides is 2. The van der Waals surface area contributed by atoms with Gasteiger partial charge in [0.1, 0.15) is 28.6 Å². The summed E-state index contributed by atoms with van der Waals surface area (Å²) in [5, 5.41) is 34.2. The van der Waals surface area contributed by atoms with Gasteiger partial charge in [0.15, 0.2) is 0 Å². The van der Waals surface area contributed by atoms with Crippen LogP contribution >= 0.6 is 0 Å². The Bertz CT molecular complexity index is 2030. The van der Waals surface area contributed by atoms with E-state index in [1.165, 1.54) is 18.2 Å². The van der Waals surface area contributed by atoms with E-state index in [-0.39, 0.29) is 52.8 Å². The molecule has 0 aliphatic heterocycles. The lowest BCUT2D eigenvalue weighted by molar-refractivity contribution is 0.0695. The normalized spacial score (nSPS) is 11.0. The van der Waals surface area contributed by atoms with Crippen LogP contribution in [0.5, 0.6) is 5.88 Å². The van der Waals surface area contributed by atoms with Crippen LogP contribution in [0.3, 0.4) is 0 Å². The molecule has 0 radical (unpaired) electrons. The fourth-order valence-electron chi connectivity index (χ4n) is 4.21. The fraction of sp³-hybridized carbons (Fsp3) is 0.111. The summed E-state index contributed by atoms with van der Waals surface area (Å²) in [5.41, 5.74) is 3.98. The number of nitrogens with two attached hydrogens (primary N) is 1. The monoisotopic (exact) mass is 588 g/mol. The predicted octanol–water partition coefficient (Wildman–Crippen LogP) is 0.757. The molecule has 218 valence electrons. The summed E-state index contributed by atoms with van der Waals surface area (Å²) in [5.74, 6) is -3.90. The molecule has 0 aliphatic carbocycles. The molecular formula is C27H21FN8O7. The highest BCUT2D eigenvalue weighted by atomic mass is 19.1. The van der Waals surface area contributed by atoms with Gasteiger partial charge in [-0.05, 0) is 41.8 Å². The molecule has 0 aliphatic rings. The van der Waals surface area contributed by atoms with Gasteiger partial charge < -0.3 is 31.9 Å². The first kappa shape index (κ1) is 28.3. The lowest BCUT2D eigenvalue weighted by atomic mass is 10.1. The van der Waals surface area contributed by atoms with E-state index < -0.39 is 40.3 Å². The number of nitrogen functional groups attached to an aromatic ring is 1. The number of anilines is 3. The highest BCUT2D eigenvalue weighted by molar-refractivity contribution is 5.98. The lowest BCUT2D eigenvalue weighted by Gasteiger charge is -2.13. The molecule has 0 bridgehead atoms. The van der Waals surface area contributed by atoms with Gasteiger partial charge in [-0.1, -0.05) is 28.5 Å². The summed E-state index contributed by atoms with van der Waals surface area (Å²) >= 11 is 0. The highest BCUT2D eigenvalue weighted by Gasteiger charge is 2.22. The largest absolute Gasteiger partial charge is 0.489 e. The number of halogens is 1. The Morgan fingerprint density at radius 3 is 2.33 bits per heavy atom. The number of nitrogens with zero attached hydrogens (tertiary/aromatic N) is 4. The third-order valence-electron chi connectivity index (χ3n) is 6.49. The number of fused-ring (bicyclic) bond motifs is 1. The Labute approximate surface area is 239 Å². The molecule has 0 spiro atoms. The molecule has 5 aromatic rings. The number of carboxylic acids is 1. The van der Waals surface area contributed by atoms with Crippen LogP contribution in [0.25, 0.3) is 5.65 Å². The molecule has 0 saturated heterocycles. The third kappa shape index (κ3) is 5.43. The molecule has 7 N–H and O–H groups in total. The number of carbonyl (C=O) groups excluding carboxylic acids is 2. The van der Waals surface area contributed by atoms with Gasteiger partial charge in [0, 0.05) is 19.2 Å². The van der Waals surface area contributed by atoms with Gasteiger partial charge in [-0.2, -0.15) is 4.52 Å². The van der Waals surface area contributed by atoms with Gasteiger partial charge in [0.2, 0.25) is 5.65 Å². The molecule has 0 atom stereocenters. The van der Waals surface area contributed by atoms with Gasteiger partial charge in [-0.15, -0.1) is 0 Å². The fourth-order valence-corrected chi connectivity index (χ4v) is 4.21. The van der Waals surface area contributed by atoms with E-state index in [0.29, 0.717) is 16.7 Å². The number of aromatic carboxylic acids is 1. The van der Waals surface area contributed by atoms with Crippen molar-refractivity contribution in [2.24, 2.45) is 0 Å². The second kappa shape index (κ2) is 11.0. The quantitative estimate of drug-likeness (QED) is 0.131. The summed E-state index contributed by atoms with van der Waals surface area (Å²) < 4.78 is 15.3. The van der Waals surface area contributed by atoms with Gasteiger partial charge in [-0.3, -0.25) is 19.2 Å². The Balaban J connectivity index is 1.33. The van der Waals surface area contributed by atoms with Gasteiger partial charge in [-0.25, -0.2) is 14.2 Å². The first-order chi connectivity index (χ1) is 20.4. The first-order valence-corrected chi connectivity index (χ1v) is 12.4. The number of carboxylic acid groups (broad SMARTS) is 1. The molecule has 2 amide bonds. The van der Waals surface area contributed by atoms with Crippen molar-refractivity contribution < 1.29 is 29.0 Å². The van der Waals surface area contributed by atoms with Crippen LogP contribution in [0.2, 0.25) is 0 Å². The van der Waals surface area contributed by atoms with Crippen molar-refractivity contribution in [2.75, 3.05) is 11.1 Å². The first-order valence-electron chi connectivity index (χ1n) is 12.4. The Kier molecular flexibility index (Phi) is 7.25. The van der Waals surface area contributed by atoms with Crippen LogP contribution in [0, 0.1) is 12.7 Å². The van der Waals surface area contributed by atoms with E-state index in [1.54, 1.807) is 19.1 Å². The number of rotatable bonds is 9. The minimum atomic E-state index is -1.08. The van der Waals surface area contributed by atoms with E-state index in [0.717, 1.165) is 16.6 Å². The maximum absolute atomic E-state index is 14.3. The van der Waals surface area contributed by atoms with Crippen molar-refractivity contribution in [3.8, 4) is 5.88 Å². The van der Waals surface area contributed by atoms with Gasteiger partial charge in [0.25, 0.3) is 28.6 Å². The average molecular weight is 589 g/mol. The number of hydrogen-bond donors (Lipinski definition) is 6. The van der Waals surface area contributed by atoms with Crippen molar-refractivity contribution in [1.82, 2.24) is 30.4 Å². The van der Waals surface area contributed by atoms with E-state index >= 15 is 0 Å². The number of hydrogen-bond acceptors (Lipinski definition) is 11. The van der Waals surface area contributed by atoms with Crippen molar-refractivity contribution >= 4 is 40.5 Å². The molecule has 43 heavy (non-hydrogen) atoms. The molecule has 5 rings (SSSR count). The average Bonchev–Trinajstić information content (AvgIpc) is 3.37. The SMILES string of the molecule is Cc1cc(CNC(=O)c2cc(C(=O)NCc3ccc(F)c(Nc4c(N)c(=O)c4=O)c3)n3nnc(O)c3n2)ccc1C(=O)O. The van der Waals surface area contributed by atoms with E-state index in [2.05, 4.69) is 31.2 Å². The standard InChI is InChI=1S/C27H21FN8O7/c1-11-6-12(2-4-14(11)27(42)43)9-30-24(39)17-8-18(36-23(33-17)26(41)34-35-36)25(40)31-10-13-3-5-15(28)16(7-13)32-20-19(29)21(37)22(20)38/h2-8,32,41H,9-10,29H2,1H3,(H,30,39)(H,31,40)(H,42,43). The van der Waals surface area contributed by atoms with Crippen LogP contribution in [0.4, 0.5) is 21.5 Å². The van der Waals surface area contributed by atoms with Crippen molar-refractivity contribution in [3.05, 3.63) is 102 Å². The summed E-state index contributed by atoms with van der Waals surface area (Å²) in [7, 11) is 0. The predicted molar refractivity (Wildman–Crippen MR) is 148 cm³/mol. The third-order valence-corrected chi connectivity index (χ3v) is 6.49. The minimum Gasteiger partial charge on any atom is -0.489 e. The summed E-state index contributed by atoms with van der Waals surface area (Å²) in [4.78, 5) is 64.4. The minimum absolute atomic E-state index is 0.0146. The number of carbonyl (C=O) groups is 3. The molecule has 15 nitrogen and oxygen atoms in total. The second-order valence-electron chi connectivity index (χ2n) is 9.38. The summed E-state index contributed by atoms with van der Waals surface area (Å²) in [6.45, 7) is 1.49. The van der Waals surface area contributed by atoms with E-state index in [4.69, 9.17) is 5.73 Å². The maximum atomic E-state index is 14.3. The lowest BCUT2D eigenvalue weighted by Crippen LogP contribution is -2.36. The smallest absolute Gasteiger partial charge is 0.335 e. The van der Waals surface area contributed by atoms with Crippen molar-refractivity contribution in [2.45, 2.75) is 20.0 Å². The van der Waals surface area contributed by atoms with E-state index in [9.17, 15) is 38.6 Å². The zero-order valence-electron chi connectivity index (χ0n) is 22.1. The molecule has 16 heteroatoms. The van der Waals surface area contributed by atoms with Crippen LogP contribution in [0.15, 0.2) is 52.1 Å². The molecule has 2 heterocycles. The number of aromatic hydroxyl groups is 1. The number of aryl methyl sites for hydroxylation is 1. The van der Waals surface area contributed by atoms with E-state index in [1.807, 2.05) is 0 Å². The number of benzene rings is 2. The Morgan fingerprint density at radius 1 is 0.977 bits per heavy atom. The van der Waals surface area contributed by atoms with Gasteiger partial charge in [0.05, 0.1) is 11.3 Å². The van der Waals surface area contributed by atoms with Crippen LogP contribution in [-0.4, -0.2) is 47.8 Å². The van der Waals surface area contributed by atoms with Crippen LogP contribution in [0.1, 0.15) is 48.0 Å². The topological polar surface area (TPSA) is 231 Å². The highest BCUT2D eigenvalue weighted by Crippen LogP contribution is 2.23. The zero-order valence-corrected chi connectivity index (χ0v) is 22.1. The molecule has 0 fully saturated rings. The molecule has 0 saturated carbocycles. The summed E-state index contributed by atoms with van der Waals surface area (Å²) in [6.07, 6.45) is 0. The Morgan fingerprint density at radius 2 is 1.65 bits per heavy atom. The number of nitrogens with one attached hydrogen (secondary N) is 3. The van der Waals surface area contributed by atoms with Crippen molar-refractivity contribution in [3.63, 3.8) is 0 Å². The molecule has 0 unspecified atom stereocenters. The summed E-state index contributed by atoms with van der Waals surface area (Å²) in [6, 6.07) is 9.48. The number of aromatic nitrogens is 4. The maximum Gasteiger partial charge on any atom is 0.335 e. The second-order valence-corrected chi connectivity index (χ2v) is 9.38. The molecule has 2 aromatic heterocycles. The van der Waals surface area contributed by atoms with Crippen LogP contribution in [-0.2, 0) is 13.1 Å². The zero-order chi connectivity index (χ0) is 31.0. The van der Waals surface area contributed by atoms with Crippen molar-refractivity contribution in [1.29, 1.82) is 0 Å².